The van der Waals surface area contributed by atoms with Gasteiger partial charge in [-0.2, -0.15) is 4.52 Å². The number of nitrogens with zero attached hydrogens (tertiary/aromatic N) is 6. The fourth-order valence-electron chi connectivity index (χ4n) is 4.02. The van der Waals surface area contributed by atoms with Gasteiger partial charge in [-0.3, -0.25) is 9.69 Å². The minimum absolute atomic E-state index is 0.0129. The average Bonchev–Trinajstić information content (AvgIpc) is 3.21. The molecule has 1 aliphatic rings. The van der Waals surface area contributed by atoms with E-state index in [1.54, 1.807) is 23.0 Å². The molecule has 8 nitrogen and oxygen atoms in total. The minimum Gasteiger partial charge on any atom is -0.353 e. The maximum absolute atomic E-state index is 13.4. The number of anilines is 1. The Balaban J connectivity index is 1.33. The van der Waals surface area contributed by atoms with Gasteiger partial charge in [0.25, 0.3) is 0 Å². The van der Waals surface area contributed by atoms with E-state index in [2.05, 4.69) is 51.2 Å². The van der Waals surface area contributed by atoms with E-state index in [9.17, 15) is 9.18 Å². The molecule has 1 fully saturated rings. The van der Waals surface area contributed by atoms with Crippen molar-refractivity contribution in [2.45, 2.75) is 33.2 Å². The maximum atomic E-state index is 13.4. The van der Waals surface area contributed by atoms with Gasteiger partial charge in [0.1, 0.15) is 18.0 Å². The van der Waals surface area contributed by atoms with Gasteiger partial charge in [0.05, 0.1) is 12.6 Å². The number of fused-ring (bicyclic) bond motifs is 1. The lowest BCUT2D eigenvalue weighted by Crippen LogP contribution is -2.50. The van der Waals surface area contributed by atoms with Gasteiger partial charge in [-0.1, -0.05) is 32.9 Å². The topological polar surface area (TPSA) is 78.7 Å². The number of halogens is 1. The van der Waals surface area contributed by atoms with Crippen molar-refractivity contribution in [2.75, 3.05) is 37.6 Å². The van der Waals surface area contributed by atoms with Crippen molar-refractivity contribution in [2.24, 2.45) is 5.41 Å². The third-order valence-electron chi connectivity index (χ3n) is 5.64. The van der Waals surface area contributed by atoms with Gasteiger partial charge in [0.15, 0.2) is 5.65 Å². The summed E-state index contributed by atoms with van der Waals surface area (Å²) < 4.78 is 15.0. The quantitative estimate of drug-likeness (QED) is 0.636. The van der Waals surface area contributed by atoms with Gasteiger partial charge in [0.2, 0.25) is 5.91 Å². The molecule has 2 aromatic heterocycles. The van der Waals surface area contributed by atoms with Crippen LogP contribution in [-0.4, -0.2) is 63.3 Å². The van der Waals surface area contributed by atoms with E-state index in [1.807, 2.05) is 12.1 Å². The van der Waals surface area contributed by atoms with Crippen molar-refractivity contribution >= 4 is 17.4 Å². The molecule has 170 valence electrons. The fraction of sp³-hybridized carbons (Fsp3) is 0.478. The molecule has 1 unspecified atom stereocenters. The molecule has 3 heterocycles. The lowest BCUT2D eigenvalue weighted by atomic mass is 9.85. The summed E-state index contributed by atoms with van der Waals surface area (Å²) in [6.07, 6.45) is 2.37. The third kappa shape index (κ3) is 5.59. The SMILES string of the molecule is CC(C)(C)CC(NC(=O)CN1CCN(c2ccc3nncn3n2)CC1)c1ccc(F)cc1. The third-order valence-corrected chi connectivity index (χ3v) is 5.64. The molecule has 1 saturated heterocycles. The molecular formula is C23H30FN7O. The molecular weight excluding hydrogens is 409 g/mol. The van der Waals surface area contributed by atoms with Crippen LogP contribution in [0, 0.1) is 11.2 Å². The molecule has 9 heteroatoms. The molecule has 0 radical (unpaired) electrons. The van der Waals surface area contributed by atoms with Crippen molar-refractivity contribution in [3.05, 3.63) is 54.1 Å². The first kappa shape index (κ1) is 22.1. The minimum atomic E-state index is -0.273. The summed E-state index contributed by atoms with van der Waals surface area (Å²) in [6, 6.07) is 10.1. The standard InChI is InChI=1S/C23H30FN7O/c1-23(2,3)14-19(17-4-6-18(24)7-5-17)26-22(32)15-29-10-12-30(13-11-29)21-9-8-20-27-25-16-31(20)28-21/h4-9,16,19H,10-15H2,1-3H3,(H,26,32). The Morgan fingerprint density at radius 1 is 1.09 bits per heavy atom. The summed E-state index contributed by atoms with van der Waals surface area (Å²) in [7, 11) is 0. The van der Waals surface area contributed by atoms with Crippen LogP contribution in [-0.2, 0) is 4.79 Å². The summed E-state index contributed by atoms with van der Waals surface area (Å²) in [5.41, 5.74) is 1.67. The van der Waals surface area contributed by atoms with Gasteiger partial charge in [-0.25, -0.2) is 4.39 Å². The highest BCUT2D eigenvalue weighted by Crippen LogP contribution is 2.29. The molecule has 0 aliphatic carbocycles. The maximum Gasteiger partial charge on any atom is 0.234 e. The summed E-state index contributed by atoms with van der Waals surface area (Å²) in [6.45, 7) is 9.88. The van der Waals surface area contributed by atoms with Crippen LogP contribution in [0.1, 0.15) is 38.8 Å². The number of piperazine rings is 1. The first-order valence-electron chi connectivity index (χ1n) is 11.0. The van der Waals surface area contributed by atoms with E-state index < -0.39 is 0 Å². The van der Waals surface area contributed by atoms with Crippen molar-refractivity contribution in [1.82, 2.24) is 30.0 Å². The zero-order valence-corrected chi connectivity index (χ0v) is 18.8. The zero-order chi connectivity index (χ0) is 22.7. The largest absolute Gasteiger partial charge is 0.353 e. The van der Waals surface area contributed by atoms with Crippen molar-refractivity contribution in [3.63, 3.8) is 0 Å². The molecule has 0 saturated carbocycles. The van der Waals surface area contributed by atoms with E-state index in [4.69, 9.17) is 0 Å². The number of carbonyl (C=O) groups is 1. The van der Waals surface area contributed by atoms with E-state index in [1.165, 1.54) is 12.1 Å². The van der Waals surface area contributed by atoms with Crippen molar-refractivity contribution < 1.29 is 9.18 Å². The molecule has 1 amide bonds. The molecule has 1 aromatic carbocycles. The highest BCUT2D eigenvalue weighted by atomic mass is 19.1. The highest BCUT2D eigenvalue weighted by molar-refractivity contribution is 5.78. The predicted molar refractivity (Wildman–Crippen MR) is 121 cm³/mol. The van der Waals surface area contributed by atoms with Crippen LogP contribution >= 0.6 is 0 Å². The van der Waals surface area contributed by atoms with Gasteiger partial charge in [0, 0.05) is 26.2 Å². The van der Waals surface area contributed by atoms with Crippen molar-refractivity contribution in [1.29, 1.82) is 0 Å². The Kier molecular flexibility index (Phi) is 6.36. The summed E-state index contributed by atoms with van der Waals surface area (Å²) in [5, 5.41) is 15.6. The van der Waals surface area contributed by atoms with Crippen LogP contribution in [0.3, 0.4) is 0 Å². The molecule has 1 N–H and O–H groups in total. The van der Waals surface area contributed by atoms with E-state index in [0.717, 1.165) is 49.6 Å². The predicted octanol–water partition coefficient (Wildman–Crippen LogP) is 2.68. The summed E-state index contributed by atoms with van der Waals surface area (Å²) in [5.74, 6) is 0.592. The Morgan fingerprint density at radius 2 is 1.81 bits per heavy atom. The van der Waals surface area contributed by atoms with Crippen LogP contribution in [0.2, 0.25) is 0 Å². The Labute approximate surface area is 187 Å². The van der Waals surface area contributed by atoms with Crippen LogP contribution in [0.25, 0.3) is 5.65 Å². The van der Waals surface area contributed by atoms with Crippen LogP contribution in [0.4, 0.5) is 10.2 Å². The number of nitrogens with one attached hydrogen (secondary N) is 1. The van der Waals surface area contributed by atoms with E-state index in [0.29, 0.717) is 6.54 Å². The lowest BCUT2D eigenvalue weighted by Gasteiger charge is -2.35. The van der Waals surface area contributed by atoms with Crippen LogP contribution < -0.4 is 10.2 Å². The number of carbonyl (C=O) groups excluding carboxylic acids is 1. The number of hydrogen-bond donors (Lipinski definition) is 1. The fourth-order valence-corrected chi connectivity index (χ4v) is 4.02. The second kappa shape index (κ2) is 9.20. The zero-order valence-electron chi connectivity index (χ0n) is 18.8. The number of hydrogen-bond acceptors (Lipinski definition) is 6. The second-order valence-corrected chi connectivity index (χ2v) is 9.52. The number of rotatable bonds is 6. The van der Waals surface area contributed by atoms with Crippen LogP contribution in [0.15, 0.2) is 42.7 Å². The smallest absolute Gasteiger partial charge is 0.234 e. The van der Waals surface area contributed by atoms with E-state index in [-0.39, 0.29) is 23.2 Å². The van der Waals surface area contributed by atoms with Gasteiger partial charge in [-0.05, 0) is 41.7 Å². The van der Waals surface area contributed by atoms with E-state index >= 15 is 0 Å². The molecule has 0 bridgehead atoms. The average molecular weight is 440 g/mol. The molecule has 0 spiro atoms. The first-order chi connectivity index (χ1) is 15.3. The summed E-state index contributed by atoms with van der Waals surface area (Å²) in [4.78, 5) is 17.2. The molecule has 1 aliphatic heterocycles. The molecule has 3 aromatic rings. The van der Waals surface area contributed by atoms with Gasteiger partial charge in [-0.15, -0.1) is 15.3 Å². The monoisotopic (exact) mass is 439 g/mol. The Morgan fingerprint density at radius 3 is 2.50 bits per heavy atom. The molecule has 4 rings (SSSR count). The van der Waals surface area contributed by atoms with Crippen LogP contribution in [0.5, 0.6) is 0 Å². The first-order valence-corrected chi connectivity index (χ1v) is 11.0. The Bertz CT molecular complexity index is 1050. The number of amides is 1. The summed E-state index contributed by atoms with van der Waals surface area (Å²) >= 11 is 0. The normalized spacial score (nSPS) is 16.3. The lowest BCUT2D eigenvalue weighted by molar-refractivity contribution is -0.123. The Hall–Kier alpha value is -3.07. The molecule has 32 heavy (non-hydrogen) atoms. The second-order valence-electron chi connectivity index (χ2n) is 9.52. The van der Waals surface area contributed by atoms with Gasteiger partial charge >= 0.3 is 0 Å². The number of benzene rings is 1. The molecule has 1 atom stereocenters. The number of aromatic nitrogens is 4. The van der Waals surface area contributed by atoms with Gasteiger partial charge < -0.3 is 10.2 Å². The highest BCUT2D eigenvalue weighted by Gasteiger charge is 2.25. The van der Waals surface area contributed by atoms with Crippen molar-refractivity contribution in [3.8, 4) is 0 Å².